The molecule has 2 N–H and O–H groups in total. The first-order valence-corrected chi connectivity index (χ1v) is 8.53. The van der Waals surface area contributed by atoms with E-state index in [0.29, 0.717) is 6.61 Å². The second-order valence-corrected chi connectivity index (χ2v) is 7.95. The van der Waals surface area contributed by atoms with Crippen molar-refractivity contribution in [3.63, 3.8) is 0 Å². The fourth-order valence-corrected chi connectivity index (χ4v) is 3.47. The van der Waals surface area contributed by atoms with Crippen LogP contribution in [0, 0.1) is 0 Å². The maximum Gasteiger partial charge on any atom is 0.0776 e. The predicted octanol–water partition coefficient (Wildman–Crippen LogP) is 3.91. The summed E-state index contributed by atoms with van der Waals surface area (Å²) in [6.45, 7) is 12.7. The fraction of sp³-hybridized carbons (Fsp3) is 0.889. The van der Waals surface area contributed by atoms with Crippen LogP contribution in [0.2, 0.25) is 0 Å². The highest BCUT2D eigenvalue weighted by atomic mass is 16.5. The number of allylic oxidation sites excluding steroid dienone is 2. The fourth-order valence-electron chi connectivity index (χ4n) is 3.47. The second kappa shape index (κ2) is 7.91. The summed E-state index contributed by atoms with van der Waals surface area (Å²) in [7, 11) is 0. The van der Waals surface area contributed by atoms with E-state index < -0.39 is 6.10 Å². The number of hydrogen-bond donors (Lipinski definition) is 2. The van der Waals surface area contributed by atoms with Gasteiger partial charge < -0.3 is 15.1 Å². The van der Waals surface area contributed by atoms with Gasteiger partial charge in [0.1, 0.15) is 0 Å². The molecule has 4 nitrogen and oxygen atoms in total. The molecule has 0 aliphatic carbocycles. The monoisotopic (exact) mass is 313 g/mol. The molecular formula is C18H35NO3. The maximum absolute atomic E-state index is 10.3. The van der Waals surface area contributed by atoms with Crippen molar-refractivity contribution in [2.75, 3.05) is 6.61 Å². The summed E-state index contributed by atoms with van der Waals surface area (Å²) in [5, 5.41) is 21.8. The van der Waals surface area contributed by atoms with Crippen LogP contribution in [0.3, 0.4) is 0 Å². The lowest BCUT2D eigenvalue weighted by molar-refractivity contribution is -0.262. The van der Waals surface area contributed by atoms with Gasteiger partial charge in [0.25, 0.3) is 0 Å². The molecule has 1 heterocycles. The van der Waals surface area contributed by atoms with Gasteiger partial charge in [-0.2, -0.15) is 5.06 Å². The van der Waals surface area contributed by atoms with E-state index in [9.17, 15) is 10.3 Å². The zero-order valence-corrected chi connectivity index (χ0v) is 15.2. The third-order valence-corrected chi connectivity index (χ3v) is 4.55. The molecule has 1 fully saturated rings. The minimum atomic E-state index is -0.418. The number of aliphatic hydroxyl groups excluding tert-OH is 1. The summed E-state index contributed by atoms with van der Waals surface area (Å²) in [6.07, 6.45) is 6.12. The average Bonchev–Trinajstić information content (AvgIpc) is 2.40. The molecule has 1 aliphatic rings. The van der Waals surface area contributed by atoms with Crippen LogP contribution in [0.15, 0.2) is 11.6 Å². The third kappa shape index (κ3) is 5.65. The van der Waals surface area contributed by atoms with Crippen molar-refractivity contribution in [2.24, 2.45) is 0 Å². The Hall–Kier alpha value is -0.420. The van der Waals surface area contributed by atoms with Crippen LogP contribution in [-0.2, 0) is 4.74 Å². The van der Waals surface area contributed by atoms with Crippen molar-refractivity contribution in [3.8, 4) is 0 Å². The van der Waals surface area contributed by atoms with Gasteiger partial charge in [0.2, 0.25) is 0 Å². The predicted molar refractivity (Wildman–Crippen MR) is 90.0 cm³/mol. The van der Waals surface area contributed by atoms with Crippen LogP contribution >= 0.6 is 0 Å². The van der Waals surface area contributed by atoms with E-state index >= 15 is 0 Å². The van der Waals surface area contributed by atoms with Gasteiger partial charge in [-0.3, -0.25) is 0 Å². The molecular weight excluding hydrogens is 278 g/mol. The molecule has 1 atom stereocenters. The van der Waals surface area contributed by atoms with Crippen molar-refractivity contribution < 1.29 is 15.1 Å². The smallest absolute Gasteiger partial charge is 0.0776 e. The Morgan fingerprint density at radius 2 is 1.82 bits per heavy atom. The molecule has 0 aromatic heterocycles. The number of hydrogen-bond acceptors (Lipinski definition) is 4. The highest BCUT2D eigenvalue weighted by Gasteiger charge is 2.45. The molecule has 1 rings (SSSR count). The standard InChI is InChI=1S/C18H35NO3/c1-7-8-14(2)9-10-15(20)13-22-16-11-17(3,4)19(21)18(5,6)12-16/h8,15-16,20-21H,7,9-13H2,1-6H3/b14-8-. The molecule has 0 amide bonds. The summed E-state index contributed by atoms with van der Waals surface area (Å²) in [5.74, 6) is 0. The van der Waals surface area contributed by atoms with Crippen molar-refractivity contribution in [1.29, 1.82) is 0 Å². The molecule has 0 aromatic rings. The first-order valence-electron chi connectivity index (χ1n) is 8.53. The van der Waals surface area contributed by atoms with Crippen LogP contribution in [0.1, 0.15) is 73.6 Å². The minimum Gasteiger partial charge on any atom is -0.391 e. The molecule has 22 heavy (non-hydrogen) atoms. The zero-order valence-electron chi connectivity index (χ0n) is 15.2. The van der Waals surface area contributed by atoms with E-state index in [1.807, 2.05) is 27.7 Å². The molecule has 1 saturated heterocycles. The van der Waals surface area contributed by atoms with E-state index in [1.165, 1.54) is 10.6 Å². The first-order chi connectivity index (χ1) is 10.1. The minimum absolute atomic E-state index is 0.0790. The Kier molecular flexibility index (Phi) is 7.06. The van der Waals surface area contributed by atoms with Gasteiger partial charge in [0, 0.05) is 11.1 Å². The Labute approximate surface area is 136 Å². The van der Waals surface area contributed by atoms with Gasteiger partial charge in [0.15, 0.2) is 0 Å². The molecule has 1 unspecified atom stereocenters. The summed E-state index contributed by atoms with van der Waals surface area (Å²) in [4.78, 5) is 0. The average molecular weight is 313 g/mol. The summed E-state index contributed by atoms with van der Waals surface area (Å²) in [6, 6.07) is 0. The Morgan fingerprint density at radius 3 is 2.32 bits per heavy atom. The lowest BCUT2D eigenvalue weighted by Crippen LogP contribution is -2.60. The zero-order chi connectivity index (χ0) is 17.0. The number of piperidine rings is 1. The summed E-state index contributed by atoms with van der Waals surface area (Å²) >= 11 is 0. The molecule has 4 heteroatoms. The molecule has 0 bridgehead atoms. The van der Waals surface area contributed by atoms with Crippen LogP contribution in [0.5, 0.6) is 0 Å². The molecule has 0 radical (unpaired) electrons. The third-order valence-electron chi connectivity index (χ3n) is 4.55. The van der Waals surface area contributed by atoms with Crippen molar-refractivity contribution in [2.45, 2.75) is 96.9 Å². The summed E-state index contributed by atoms with van der Waals surface area (Å²) < 4.78 is 5.95. The molecule has 0 saturated carbocycles. The van der Waals surface area contributed by atoms with Gasteiger partial charge in [-0.15, -0.1) is 0 Å². The molecule has 130 valence electrons. The van der Waals surface area contributed by atoms with Crippen LogP contribution in [0.25, 0.3) is 0 Å². The molecule has 1 aliphatic heterocycles. The SMILES string of the molecule is CC/C=C(/C)CCC(O)COC1CC(C)(C)N(O)C(C)(C)C1. The quantitative estimate of drug-likeness (QED) is 0.700. The molecule has 0 aromatic carbocycles. The summed E-state index contributed by atoms with van der Waals surface area (Å²) in [5.41, 5.74) is 0.715. The number of rotatable bonds is 7. The van der Waals surface area contributed by atoms with Crippen molar-refractivity contribution in [3.05, 3.63) is 11.6 Å². The van der Waals surface area contributed by atoms with E-state index in [4.69, 9.17) is 4.74 Å². The van der Waals surface area contributed by atoms with Crippen LogP contribution in [0.4, 0.5) is 0 Å². The van der Waals surface area contributed by atoms with Crippen molar-refractivity contribution >= 4 is 0 Å². The number of aliphatic hydroxyl groups is 1. The maximum atomic E-state index is 10.3. The number of nitrogens with zero attached hydrogens (tertiary/aromatic N) is 1. The number of hydroxylamine groups is 2. The molecule has 0 spiro atoms. The lowest BCUT2D eigenvalue weighted by atomic mass is 9.80. The topological polar surface area (TPSA) is 52.9 Å². The Bertz CT molecular complexity index is 359. The normalized spacial score (nSPS) is 24.5. The Morgan fingerprint density at radius 1 is 1.27 bits per heavy atom. The van der Waals surface area contributed by atoms with Crippen LogP contribution < -0.4 is 0 Å². The largest absolute Gasteiger partial charge is 0.391 e. The Balaban J connectivity index is 2.43. The highest BCUT2D eigenvalue weighted by Crippen LogP contribution is 2.37. The van der Waals surface area contributed by atoms with Gasteiger partial charge >= 0.3 is 0 Å². The van der Waals surface area contributed by atoms with E-state index in [-0.39, 0.29) is 17.2 Å². The van der Waals surface area contributed by atoms with E-state index in [1.54, 1.807) is 0 Å². The van der Waals surface area contributed by atoms with Crippen LogP contribution in [-0.4, -0.2) is 45.3 Å². The van der Waals surface area contributed by atoms with Gasteiger partial charge in [-0.1, -0.05) is 18.6 Å². The van der Waals surface area contributed by atoms with Crippen molar-refractivity contribution in [1.82, 2.24) is 5.06 Å². The van der Waals surface area contributed by atoms with E-state index in [2.05, 4.69) is 19.9 Å². The van der Waals surface area contributed by atoms with Gasteiger partial charge in [-0.25, -0.2) is 0 Å². The van der Waals surface area contributed by atoms with E-state index in [0.717, 1.165) is 32.1 Å². The number of ether oxygens (including phenoxy) is 1. The van der Waals surface area contributed by atoms with Gasteiger partial charge in [0.05, 0.1) is 18.8 Å². The first kappa shape index (κ1) is 19.6. The highest BCUT2D eigenvalue weighted by molar-refractivity contribution is 4.98. The lowest BCUT2D eigenvalue weighted by Gasteiger charge is -2.51. The second-order valence-electron chi connectivity index (χ2n) is 7.95. The van der Waals surface area contributed by atoms with Gasteiger partial charge in [-0.05, 0) is 66.7 Å².